The predicted molar refractivity (Wildman–Crippen MR) is 39.8 cm³/mol. The van der Waals surface area contributed by atoms with Crippen molar-refractivity contribution in [2.24, 2.45) is 0 Å². The SMILES string of the molecule is CNCCN1C(=O)C=CC1=O. The van der Waals surface area contributed by atoms with Crippen LogP contribution in [0.15, 0.2) is 12.2 Å². The van der Waals surface area contributed by atoms with Gasteiger partial charge in [0.05, 0.1) is 0 Å². The maximum atomic E-state index is 10.9. The molecule has 4 heteroatoms. The highest BCUT2D eigenvalue weighted by molar-refractivity contribution is 6.12. The van der Waals surface area contributed by atoms with Crippen molar-refractivity contribution in [1.29, 1.82) is 0 Å². The Hall–Kier alpha value is -1.16. The Bertz CT molecular complexity index is 192. The van der Waals surface area contributed by atoms with E-state index in [1.807, 2.05) is 0 Å². The van der Waals surface area contributed by atoms with E-state index in [1.54, 1.807) is 7.05 Å². The zero-order chi connectivity index (χ0) is 8.27. The van der Waals surface area contributed by atoms with Gasteiger partial charge in [-0.25, -0.2) is 0 Å². The van der Waals surface area contributed by atoms with Crippen LogP contribution in [0.4, 0.5) is 0 Å². The van der Waals surface area contributed by atoms with Gasteiger partial charge in [0.2, 0.25) is 0 Å². The highest BCUT2D eigenvalue weighted by Gasteiger charge is 2.21. The van der Waals surface area contributed by atoms with E-state index >= 15 is 0 Å². The second kappa shape index (κ2) is 3.30. The van der Waals surface area contributed by atoms with Gasteiger partial charge in [-0.3, -0.25) is 14.5 Å². The molecule has 0 fully saturated rings. The second-order valence-electron chi connectivity index (χ2n) is 2.27. The van der Waals surface area contributed by atoms with Crippen LogP contribution in [0.5, 0.6) is 0 Å². The molecule has 1 aliphatic heterocycles. The summed E-state index contributed by atoms with van der Waals surface area (Å²) in [6.45, 7) is 1.08. The summed E-state index contributed by atoms with van der Waals surface area (Å²) in [5.41, 5.74) is 0. The summed E-state index contributed by atoms with van der Waals surface area (Å²) >= 11 is 0. The van der Waals surface area contributed by atoms with Gasteiger partial charge in [-0.1, -0.05) is 0 Å². The van der Waals surface area contributed by atoms with Crippen LogP contribution in [0.25, 0.3) is 0 Å². The lowest BCUT2D eigenvalue weighted by atomic mass is 10.5. The monoisotopic (exact) mass is 154 g/mol. The first-order valence-corrected chi connectivity index (χ1v) is 3.44. The van der Waals surface area contributed by atoms with Crippen molar-refractivity contribution in [3.05, 3.63) is 12.2 Å². The molecule has 11 heavy (non-hydrogen) atoms. The fourth-order valence-electron chi connectivity index (χ4n) is 0.875. The third-order valence-corrected chi connectivity index (χ3v) is 1.49. The van der Waals surface area contributed by atoms with Crippen LogP contribution in [0.3, 0.4) is 0 Å². The molecule has 0 atom stereocenters. The average Bonchev–Trinajstić information content (AvgIpc) is 2.29. The van der Waals surface area contributed by atoms with Gasteiger partial charge in [-0.15, -0.1) is 0 Å². The van der Waals surface area contributed by atoms with E-state index in [2.05, 4.69) is 5.32 Å². The van der Waals surface area contributed by atoms with Crippen LogP contribution in [0.1, 0.15) is 0 Å². The molecule has 0 aliphatic carbocycles. The molecule has 0 radical (unpaired) electrons. The number of nitrogens with one attached hydrogen (secondary N) is 1. The predicted octanol–water partition coefficient (Wildman–Crippen LogP) is -0.869. The molecule has 0 saturated carbocycles. The Morgan fingerprint density at radius 1 is 1.36 bits per heavy atom. The van der Waals surface area contributed by atoms with Crippen molar-refractivity contribution in [3.8, 4) is 0 Å². The number of nitrogens with zero attached hydrogens (tertiary/aromatic N) is 1. The Morgan fingerprint density at radius 2 is 1.91 bits per heavy atom. The second-order valence-corrected chi connectivity index (χ2v) is 2.27. The van der Waals surface area contributed by atoms with Crippen molar-refractivity contribution in [3.63, 3.8) is 0 Å². The lowest BCUT2D eigenvalue weighted by molar-refractivity contribution is -0.136. The summed E-state index contributed by atoms with van der Waals surface area (Å²) in [5.74, 6) is -0.435. The van der Waals surface area contributed by atoms with Crippen molar-refractivity contribution in [1.82, 2.24) is 10.2 Å². The first kappa shape index (κ1) is 7.94. The summed E-state index contributed by atoms with van der Waals surface area (Å²) in [7, 11) is 1.78. The number of rotatable bonds is 3. The summed E-state index contributed by atoms with van der Waals surface area (Å²) in [5, 5.41) is 2.86. The van der Waals surface area contributed by atoms with Gasteiger partial charge in [-0.2, -0.15) is 0 Å². The van der Waals surface area contributed by atoms with E-state index in [0.717, 1.165) is 0 Å². The molecule has 1 rings (SSSR count). The van der Waals surface area contributed by atoms with Gasteiger partial charge in [0.1, 0.15) is 0 Å². The first-order chi connectivity index (χ1) is 5.25. The average molecular weight is 154 g/mol. The standard InChI is InChI=1S/C7H10N2O2/c1-8-4-5-9-6(10)2-3-7(9)11/h2-3,8H,4-5H2,1H3. The van der Waals surface area contributed by atoms with Gasteiger partial charge < -0.3 is 5.32 Å². The summed E-state index contributed by atoms with van der Waals surface area (Å²) in [6.07, 6.45) is 2.58. The fourth-order valence-corrected chi connectivity index (χ4v) is 0.875. The van der Waals surface area contributed by atoms with Gasteiger partial charge in [-0.05, 0) is 7.05 Å². The van der Waals surface area contributed by atoms with Crippen molar-refractivity contribution in [2.45, 2.75) is 0 Å². The maximum absolute atomic E-state index is 10.9. The molecule has 2 amide bonds. The minimum atomic E-state index is -0.217. The number of carbonyl (C=O) groups is 2. The lowest BCUT2D eigenvalue weighted by Crippen LogP contribution is -2.35. The molecule has 0 aromatic heterocycles. The summed E-state index contributed by atoms with van der Waals surface area (Å²) < 4.78 is 0. The lowest BCUT2D eigenvalue weighted by Gasteiger charge is -2.12. The van der Waals surface area contributed by atoms with Gasteiger partial charge in [0.15, 0.2) is 0 Å². The number of imide groups is 1. The van der Waals surface area contributed by atoms with Crippen molar-refractivity contribution in [2.75, 3.05) is 20.1 Å². The van der Waals surface area contributed by atoms with Crippen LogP contribution < -0.4 is 5.32 Å². The number of carbonyl (C=O) groups excluding carboxylic acids is 2. The molecule has 1 heterocycles. The van der Waals surface area contributed by atoms with Crippen LogP contribution in [-0.4, -0.2) is 36.9 Å². The highest BCUT2D eigenvalue weighted by Crippen LogP contribution is 2.01. The Labute approximate surface area is 64.9 Å². The molecule has 0 unspecified atom stereocenters. The van der Waals surface area contributed by atoms with Crippen molar-refractivity contribution < 1.29 is 9.59 Å². The molecular formula is C7H10N2O2. The minimum Gasteiger partial charge on any atom is -0.318 e. The Balaban J connectivity index is 2.46. The molecule has 0 aromatic carbocycles. The maximum Gasteiger partial charge on any atom is 0.253 e. The minimum absolute atomic E-state index is 0.217. The van der Waals surface area contributed by atoms with Crippen molar-refractivity contribution >= 4 is 11.8 Å². The number of likely N-dealkylation sites (N-methyl/N-ethyl adjacent to an activating group) is 1. The molecule has 0 saturated heterocycles. The van der Waals surface area contributed by atoms with E-state index < -0.39 is 0 Å². The zero-order valence-electron chi connectivity index (χ0n) is 6.33. The van der Waals surface area contributed by atoms with E-state index in [0.29, 0.717) is 13.1 Å². The van der Waals surface area contributed by atoms with Crippen LogP contribution >= 0.6 is 0 Å². The molecule has 1 aliphatic rings. The zero-order valence-corrected chi connectivity index (χ0v) is 6.33. The topological polar surface area (TPSA) is 49.4 Å². The third kappa shape index (κ3) is 1.65. The van der Waals surface area contributed by atoms with Crippen LogP contribution in [0, 0.1) is 0 Å². The first-order valence-electron chi connectivity index (χ1n) is 3.44. The van der Waals surface area contributed by atoms with E-state index in [9.17, 15) is 9.59 Å². The summed E-state index contributed by atoms with van der Waals surface area (Å²) in [6, 6.07) is 0. The quantitative estimate of drug-likeness (QED) is 0.538. The van der Waals surface area contributed by atoms with Gasteiger partial charge >= 0.3 is 0 Å². The fraction of sp³-hybridized carbons (Fsp3) is 0.429. The summed E-state index contributed by atoms with van der Waals surface area (Å²) in [4.78, 5) is 23.0. The molecule has 0 aromatic rings. The normalized spacial score (nSPS) is 16.6. The molecule has 4 nitrogen and oxygen atoms in total. The van der Waals surface area contributed by atoms with E-state index in [4.69, 9.17) is 0 Å². The molecule has 0 bridgehead atoms. The van der Waals surface area contributed by atoms with Gasteiger partial charge in [0.25, 0.3) is 11.8 Å². The highest BCUT2D eigenvalue weighted by atomic mass is 16.2. The molecule has 60 valence electrons. The van der Waals surface area contributed by atoms with Crippen LogP contribution in [0.2, 0.25) is 0 Å². The largest absolute Gasteiger partial charge is 0.318 e. The number of hydrogen-bond acceptors (Lipinski definition) is 3. The number of amides is 2. The van der Waals surface area contributed by atoms with Gasteiger partial charge in [0, 0.05) is 25.2 Å². The molecule has 1 N–H and O–H groups in total. The van der Waals surface area contributed by atoms with E-state index in [1.165, 1.54) is 17.1 Å². The number of hydrogen-bond donors (Lipinski definition) is 1. The third-order valence-electron chi connectivity index (χ3n) is 1.49. The Kier molecular flexibility index (Phi) is 2.38. The smallest absolute Gasteiger partial charge is 0.253 e. The Morgan fingerprint density at radius 3 is 2.36 bits per heavy atom. The molecular weight excluding hydrogens is 144 g/mol. The van der Waals surface area contributed by atoms with E-state index in [-0.39, 0.29) is 11.8 Å². The molecule has 0 spiro atoms. The van der Waals surface area contributed by atoms with Crippen LogP contribution in [-0.2, 0) is 9.59 Å².